The van der Waals surface area contributed by atoms with Crippen molar-refractivity contribution >= 4 is 17.8 Å². The number of amides is 2. The first-order valence-electron chi connectivity index (χ1n) is 12.5. The topological polar surface area (TPSA) is 79.0 Å². The fourth-order valence-electron chi connectivity index (χ4n) is 4.40. The molecule has 0 spiro atoms. The van der Waals surface area contributed by atoms with Gasteiger partial charge in [-0.2, -0.15) is 0 Å². The third kappa shape index (κ3) is 8.43. The van der Waals surface area contributed by atoms with Gasteiger partial charge < -0.3 is 15.0 Å². The van der Waals surface area contributed by atoms with Gasteiger partial charge in [0.05, 0.1) is 18.7 Å². The Morgan fingerprint density at radius 3 is 2.33 bits per heavy atom. The Hall–Kier alpha value is -1.89. The third-order valence-electron chi connectivity index (χ3n) is 6.32. The van der Waals surface area contributed by atoms with Crippen molar-refractivity contribution in [3.8, 4) is 0 Å². The molecular weight excluding hydrogens is 418 g/mol. The average Bonchev–Trinajstić information content (AvgIpc) is 2.74. The van der Waals surface area contributed by atoms with Crippen molar-refractivity contribution < 1.29 is 19.1 Å². The number of ether oxygens (including phenoxy) is 1. The van der Waals surface area contributed by atoms with Crippen molar-refractivity contribution in [1.29, 1.82) is 0 Å². The minimum Gasteiger partial charge on any atom is -0.463 e. The number of carbonyl (C=O) groups is 3. The SMILES string of the molecule is CCCN1CCCC[C@@H]1C(=O)N[C@H](C(=O)N(C)[C@H](/C=C(\C)C(=O)OCC)C(C)C)C(C)(C)C. The van der Waals surface area contributed by atoms with Crippen molar-refractivity contribution in [1.82, 2.24) is 15.1 Å². The lowest BCUT2D eigenvalue weighted by Gasteiger charge is -2.40. The van der Waals surface area contributed by atoms with Crippen molar-refractivity contribution in [2.75, 3.05) is 26.7 Å². The highest BCUT2D eigenvalue weighted by Crippen LogP contribution is 2.25. The summed E-state index contributed by atoms with van der Waals surface area (Å²) < 4.78 is 5.10. The summed E-state index contributed by atoms with van der Waals surface area (Å²) in [6.07, 6.45) is 5.75. The van der Waals surface area contributed by atoms with Crippen molar-refractivity contribution in [3.05, 3.63) is 11.6 Å². The van der Waals surface area contributed by atoms with Crippen LogP contribution in [0.25, 0.3) is 0 Å². The molecule has 0 radical (unpaired) electrons. The van der Waals surface area contributed by atoms with Crippen LogP contribution in [0.4, 0.5) is 0 Å². The number of piperidine rings is 1. The van der Waals surface area contributed by atoms with Crippen LogP contribution in [0.5, 0.6) is 0 Å². The Kier molecular flexibility index (Phi) is 11.6. The Bertz CT molecular complexity index is 694. The van der Waals surface area contributed by atoms with E-state index in [0.29, 0.717) is 12.2 Å². The van der Waals surface area contributed by atoms with Crippen molar-refractivity contribution in [2.45, 2.75) is 99.2 Å². The molecule has 1 saturated heterocycles. The second-order valence-corrected chi connectivity index (χ2v) is 10.6. The average molecular weight is 466 g/mol. The van der Waals surface area contributed by atoms with E-state index in [-0.39, 0.29) is 35.8 Å². The van der Waals surface area contributed by atoms with E-state index in [9.17, 15) is 14.4 Å². The van der Waals surface area contributed by atoms with E-state index in [4.69, 9.17) is 4.74 Å². The molecule has 0 aromatic rings. The Balaban J connectivity index is 3.13. The van der Waals surface area contributed by atoms with Gasteiger partial charge in [-0.3, -0.25) is 14.5 Å². The first kappa shape index (κ1) is 29.1. The van der Waals surface area contributed by atoms with Gasteiger partial charge in [0.1, 0.15) is 6.04 Å². The van der Waals surface area contributed by atoms with Gasteiger partial charge in [0, 0.05) is 12.6 Å². The molecule has 3 atom stereocenters. The number of esters is 1. The molecule has 0 saturated carbocycles. The molecule has 7 heteroatoms. The van der Waals surface area contributed by atoms with Gasteiger partial charge in [-0.25, -0.2) is 4.79 Å². The molecule has 190 valence electrons. The first-order valence-corrected chi connectivity index (χ1v) is 12.5. The summed E-state index contributed by atoms with van der Waals surface area (Å²) in [5.41, 5.74) is 0.0103. The summed E-state index contributed by atoms with van der Waals surface area (Å²) in [7, 11) is 1.75. The normalized spacial score (nSPS) is 19.7. The maximum absolute atomic E-state index is 13.7. The summed E-state index contributed by atoms with van der Waals surface area (Å²) in [6, 6.07) is -1.15. The van der Waals surface area contributed by atoms with E-state index in [0.717, 1.165) is 38.8 Å². The monoisotopic (exact) mass is 465 g/mol. The van der Waals surface area contributed by atoms with E-state index < -0.39 is 11.5 Å². The van der Waals surface area contributed by atoms with Crippen LogP contribution in [0, 0.1) is 11.3 Å². The summed E-state index contributed by atoms with van der Waals surface area (Å²) in [6.45, 7) is 17.7. The molecular formula is C26H47N3O4. The molecule has 7 nitrogen and oxygen atoms in total. The van der Waals surface area contributed by atoms with Gasteiger partial charge in [-0.1, -0.05) is 54.0 Å². The number of hydrogen-bond donors (Lipinski definition) is 1. The van der Waals surface area contributed by atoms with E-state index in [2.05, 4.69) is 17.1 Å². The summed E-state index contributed by atoms with van der Waals surface area (Å²) >= 11 is 0. The third-order valence-corrected chi connectivity index (χ3v) is 6.32. The van der Waals surface area contributed by atoms with Crippen LogP contribution in [0.1, 0.15) is 81.1 Å². The summed E-state index contributed by atoms with van der Waals surface area (Å²) in [5, 5.41) is 3.10. The van der Waals surface area contributed by atoms with Crippen LogP contribution in [0.2, 0.25) is 0 Å². The van der Waals surface area contributed by atoms with Crippen LogP contribution < -0.4 is 5.32 Å². The van der Waals surface area contributed by atoms with Gasteiger partial charge in [0.25, 0.3) is 0 Å². The van der Waals surface area contributed by atoms with E-state index >= 15 is 0 Å². The van der Waals surface area contributed by atoms with Crippen LogP contribution in [0.3, 0.4) is 0 Å². The Morgan fingerprint density at radius 1 is 1.18 bits per heavy atom. The molecule has 0 unspecified atom stereocenters. The van der Waals surface area contributed by atoms with Crippen LogP contribution >= 0.6 is 0 Å². The lowest BCUT2D eigenvalue weighted by atomic mass is 9.84. The molecule has 0 aliphatic carbocycles. The van der Waals surface area contributed by atoms with Gasteiger partial charge in [-0.15, -0.1) is 0 Å². The van der Waals surface area contributed by atoms with Crippen LogP contribution in [0.15, 0.2) is 11.6 Å². The lowest BCUT2D eigenvalue weighted by molar-refractivity contribution is -0.142. The largest absolute Gasteiger partial charge is 0.463 e. The molecule has 1 fully saturated rings. The molecule has 1 aliphatic heterocycles. The molecule has 33 heavy (non-hydrogen) atoms. The van der Waals surface area contributed by atoms with Crippen molar-refractivity contribution in [2.24, 2.45) is 11.3 Å². The highest BCUT2D eigenvalue weighted by Gasteiger charge is 2.39. The van der Waals surface area contributed by atoms with Gasteiger partial charge in [0.15, 0.2) is 0 Å². The zero-order valence-corrected chi connectivity index (χ0v) is 22.4. The maximum atomic E-state index is 13.7. The van der Waals surface area contributed by atoms with E-state index in [1.807, 2.05) is 34.6 Å². The zero-order valence-electron chi connectivity index (χ0n) is 22.4. The van der Waals surface area contributed by atoms with Gasteiger partial charge >= 0.3 is 5.97 Å². The zero-order chi connectivity index (χ0) is 25.3. The number of hydrogen-bond acceptors (Lipinski definition) is 5. The van der Waals surface area contributed by atoms with E-state index in [1.165, 1.54) is 0 Å². The predicted molar refractivity (Wildman–Crippen MR) is 133 cm³/mol. The minimum atomic E-state index is -0.669. The number of rotatable bonds is 10. The highest BCUT2D eigenvalue weighted by molar-refractivity contribution is 5.91. The van der Waals surface area contributed by atoms with E-state index in [1.54, 1.807) is 31.9 Å². The number of likely N-dealkylation sites (tertiary alicyclic amines) is 1. The number of likely N-dealkylation sites (N-methyl/N-ethyl adjacent to an activating group) is 1. The van der Waals surface area contributed by atoms with Gasteiger partial charge in [0.2, 0.25) is 11.8 Å². The Morgan fingerprint density at radius 2 is 1.82 bits per heavy atom. The molecule has 1 rings (SSSR count). The lowest BCUT2D eigenvalue weighted by Crippen LogP contribution is -2.60. The molecule has 1 aliphatic rings. The predicted octanol–water partition coefficient (Wildman–Crippen LogP) is 3.77. The molecule has 0 aromatic heterocycles. The highest BCUT2D eigenvalue weighted by atomic mass is 16.5. The number of nitrogens with one attached hydrogen (secondary N) is 1. The maximum Gasteiger partial charge on any atom is 0.333 e. The summed E-state index contributed by atoms with van der Waals surface area (Å²) in [5.74, 6) is -0.513. The quantitative estimate of drug-likeness (QED) is 0.392. The molecule has 0 bridgehead atoms. The second kappa shape index (κ2) is 13.1. The van der Waals surface area contributed by atoms with Crippen LogP contribution in [-0.2, 0) is 19.1 Å². The smallest absolute Gasteiger partial charge is 0.333 e. The molecule has 1 heterocycles. The van der Waals surface area contributed by atoms with Crippen molar-refractivity contribution in [3.63, 3.8) is 0 Å². The fourth-order valence-corrected chi connectivity index (χ4v) is 4.40. The molecule has 0 aromatic carbocycles. The van der Waals surface area contributed by atoms with Gasteiger partial charge in [-0.05, 0) is 57.5 Å². The van der Waals surface area contributed by atoms with Crippen LogP contribution in [-0.4, -0.2) is 72.5 Å². The minimum absolute atomic E-state index is 0.0656. The molecule has 1 N–H and O–H groups in total. The number of carbonyl (C=O) groups excluding carboxylic acids is 3. The summed E-state index contributed by atoms with van der Waals surface area (Å²) in [4.78, 5) is 43.0. The first-order chi connectivity index (χ1) is 15.3. The second-order valence-electron chi connectivity index (χ2n) is 10.6. The fraction of sp³-hybridized carbons (Fsp3) is 0.808. The Labute approximate surface area is 201 Å². The standard InChI is InChI=1S/C26H47N3O4/c1-10-15-29-16-13-12-14-20(29)23(30)27-22(26(6,7)8)24(31)28(9)21(18(3)4)17-19(5)25(32)33-11-2/h17-18,20-22H,10-16H2,1-9H3,(H,27,30)/b19-17+/t20-,21-,22-/m1/s1. The number of nitrogens with zero attached hydrogens (tertiary/aromatic N) is 2. The molecule has 2 amide bonds.